The van der Waals surface area contributed by atoms with Crippen LogP contribution in [0.2, 0.25) is 0 Å². The topological polar surface area (TPSA) is 189 Å². The zero-order valence-electron chi connectivity index (χ0n) is 28.3. The van der Waals surface area contributed by atoms with E-state index in [9.17, 15) is 32.4 Å². The van der Waals surface area contributed by atoms with Gasteiger partial charge in [-0.05, 0) is 70.4 Å². The first kappa shape index (κ1) is 36.1. The summed E-state index contributed by atoms with van der Waals surface area (Å²) in [5, 5.41) is 7.40. The fourth-order valence-corrected chi connectivity index (χ4v) is 7.46. The van der Waals surface area contributed by atoms with E-state index < -0.39 is 74.3 Å². The van der Waals surface area contributed by atoms with Gasteiger partial charge in [0.2, 0.25) is 21.8 Å². The maximum absolute atomic E-state index is 13.9. The van der Waals surface area contributed by atoms with Crippen molar-refractivity contribution in [3.8, 4) is 0 Å². The standard InChI is InChI=1S/C34H47N5O9S/c1-33(2,3)48-31(43)36-26-14-8-6-4-5-7-13-24-19-34(24,30(42)38-49(45,46)25-15-16-25)37-29(41)27(35-28(26)40)17-18-47-32(44)39-20-22-11-9-10-12-23(22)21-39/h7,9-13,24-27H,4-6,8,14-21H2,1-3H3,(H,35,40)(H,36,43)(H,37,41)(H,38,42)/b13-7-/t24?,26-,27-,34?/m0/s1. The molecular formula is C34H47N5O9S. The van der Waals surface area contributed by atoms with Crippen molar-refractivity contribution in [1.29, 1.82) is 0 Å². The summed E-state index contributed by atoms with van der Waals surface area (Å²) in [7, 11) is -3.90. The molecule has 2 saturated carbocycles. The van der Waals surface area contributed by atoms with Crippen molar-refractivity contribution < 1.29 is 41.9 Å². The van der Waals surface area contributed by atoms with Crippen LogP contribution >= 0.6 is 0 Å². The molecular weight excluding hydrogens is 654 g/mol. The molecule has 14 nitrogen and oxygen atoms in total. The quantitative estimate of drug-likeness (QED) is 0.310. The molecule has 4 aliphatic rings. The Labute approximate surface area is 287 Å². The van der Waals surface area contributed by atoms with E-state index in [0.29, 0.717) is 38.8 Å². The summed E-state index contributed by atoms with van der Waals surface area (Å²) in [6.45, 7) is 5.62. The molecule has 0 radical (unpaired) electrons. The lowest BCUT2D eigenvalue weighted by Crippen LogP contribution is -2.59. The van der Waals surface area contributed by atoms with Crippen LogP contribution in [0, 0.1) is 5.92 Å². The van der Waals surface area contributed by atoms with Crippen molar-refractivity contribution in [3.63, 3.8) is 0 Å². The molecule has 15 heteroatoms. The lowest BCUT2D eigenvalue weighted by molar-refractivity contribution is -0.133. The SMILES string of the molecule is CC(C)(C)OC(=O)N[C@H]1CCCCC/C=C\C2CC2(C(=O)NS(=O)(=O)C2CC2)NC(=O)[C@H](CCOC(=O)N2Cc3ccccc3C2)NC1=O. The fraction of sp³-hybridized carbons (Fsp3) is 0.618. The van der Waals surface area contributed by atoms with Gasteiger partial charge in [-0.25, -0.2) is 18.0 Å². The van der Waals surface area contributed by atoms with Gasteiger partial charge in [0.15, 0.2) is 0 Å². The number of sulfonamides is 1. The molecule has 49 heavy (non-hydrogen) atoms. The van der Waals surface area contributed by atoms with Gasteiger partial charge in [-0.15, -0.1) is 0 Å². The Morgan fingerprint density at radius 1 is 1.00 bits per heavy atom. The maximum Gasteiger partial charge on any atom is 0.410 e. The van der Waals surface area contributed by atoms with Gasteiger partial charge < -0.3 is 25.4 Å². The smallest absolute Gasteiger partial charge is 0.410 e. The number of rotatable bonds is 7. The molecule has 2 aliphatic heterocycles. The third-order valence-electron chi connectivity index (χ3n) is 9.07. The van der Waals surface area contributed by atoms with Gasteiger partial charge in [0.1, 0.15) is 23.2 Å². The number of ether oxygens (including phenoxy) is 2. The van der Waals surface area contributed by atoms with Crippen molar-refractivity contribution in [3.05, 3.63) is 47.5 Å². The minimum atomic E-state index is -3.90. The summed E-state index contributed by atoms with van der Waals surface area (Å²) in [6, 6.07) is 5.32. The summed E-state index contributed by atoms with van der Waals surface area (Å²) >= 11 is 0. The van der Waals surface area contributed by atoms with Crippen LogP contribution < -0.4 is 20.7 Å². The van der Waals surface area contributed by atoms with Crippen molar-refractivity contribution in [1.82, 2.24) is 25.6 Å². The van der Waals surface area contributed by atoms with E-state index in [1.807, 2.05) is 36.4 Å². The summed E-state index contributed by atoms with van der Waals surface area (Å²) in [6.07, 6.45) is 6.38. The van der Waals surface area contributed by atoms with Crippen LogP contribution in [0.3, 0.4) is 0 Å². The highest BCUT2D eigenvalue weighted by atomic mass is 32.2. The predicted molar refractivity (Wildman–Crippen MR) is 178 cm³/mol. The number of carbonyl (C=O) groups is 5. The molecule has 4 N–H and O–H groups in total. The monoisotopic (exact) mass is 701 g/mol. The molecule has 0 aromatic heterocycles. The molecule has 0 spiro atoms. The lowest BCUT2D eigenvalue weighted by atomic mass is 10.1. The number of allylic oxidation sites excluding steroid dienone is 1. The Kier molecular flexibility index (Phi) is 10.9. The van der Waals surface area contributed by atoms with Crippen LogP contribution in [0.25, 0.3) is 0 Å². The fourth-order valence-electron chi connectivity index (χ4n) is 6.10. The summed E-state index contributed by atoms with van der Waals surface area (Å²) in [5.41, 5.74) is -0.322. The Bertz CT molecular complexity index is 1560. The van der Waals surface area contributed by atoms with Gasteiger partial charge >= 0.3 is 12.2 Å². The summed E-state index contributed by atoms with van der Waals surface area (Å²) in [5.74, 6) is -2.69. The van der Waals surface area contributed by atoms with Gasteiger partial charge in [-0.1, -0.05) is 49.3 Å². The normalized spacial score (nSPS) is 26.8. The van der Waals surface area contributed by atoms with Gasteiger partial charge in [-0.2, -0.15) is 0 Å². The minimum Gasteiger partial charge on any atom is -0.449 e. The summed E-state index contributed by atoms with van der Waals surface area (Å²) in [4.78, 5) is 68.2. The Morgan fingerprint density at radius 2 is 1.69 bits per heavy atom. The van der Waals surface area contributed by atoms with Crippen LogP contribution in [-0.4, -0.2) is 78.3 Å². The number of amides is 5. The van der Waals surface area contributed by atoms with Crippen molar-refractivity contribution >= 4 is 39.9 Å². The number of nitrogens with one attached hydrogen (secondary N) is 4. The van der Waals surface area contributed by atoms with Crippen molar-refractivity contribution in [2.75, 3.05) is 6.61 Å². The molecule has 268 valence electrons. The highest BCUT2D eigenvalue weighted by Crippen LogP contribution is 2.45. The zero-order valence-corrected chi connectivity index (χ0v) is 29.1. The van der Waals surface area contributed by atoms with Crippen molar-refractivity contribution in [2.45, 2.75) is 120 Å². The van der Waals surface area contributed by atoms with Gasteiger partial charge in [0.05, 0.1) is 11.9 Å². The largest absolute Gasteiger partial charge is 0.449 e. The second-order valence-corrected chi connectivity index (χ2v) is 16.3. The van der Waals surface area contributed by atoms with E-state index in [0.717, 1.165) is 24.0 Å². The third kappa shape index (κ3) is 9.52. The highest BCUT2D eigenvalue weighted by Gasteiger charge is 2.61. The number of fused-ring (bicyclic) bond motifs is 2. The van der Waals surface area contributed by atoms with E-state index in [-0.39, 0.29) is 25.9 Å². The molecule has 2 fully saturated rings. The zero-order chi connectivity index (χ0) is 35.4. The van der Waals surface area contributed by atoms with Gasteiger partial charge in [0.25, 0.3) is 5.91 Å². The number of hydrogen-bond donors (Lipinski definition) is 4. The first-order valence-corrected chi connectivity index (χ1v) is 18.5. The van der Waals surface area contributed by atoms with Crippen LogP contribution in [-0.2, 0) is 47.0 Å². The third-order valence-corrected chi connectivity index (χ3v) is 10.9. The molecule has 0 bridgehead atoms. The average molecular weight is 702 g/mol. The maximum atomic E-state index is 13.9. The van der Waals surface area contributed by atoms with Crippen LogP contribution in [0.4, 0.5) is 9.59 Å². The molecule has 1 aromatic carbocycles. The number of hydrogen-bond acceptors (Lipinski definition) is 9. The number of benzene rings is 1. The Hall–Kier alpha value is -4.14. The van der Waals surface area contributed by atoms with Crippen LogP contribution in [0.15, 0.2) is 36.4 Å². The molecule has 5 rings (SSSR count). The van der Waals surface area contributed by atoms with Crippen LogP contribution in [0.5, 0.6) is 0 Å². The number of alkyl carbamates (subject to hydrolysis) is 1. The lowest BCUT2D eigenvalue weighted by Gasteiger charge is -2.27. The summed E-state index contributed by atoms with van der Waals surface area (Å²) < 4.78 is 38.4. The van der Waals surface area contributed by atoms with Gasteiger partial charge in [-0.3, -0.25) is 24.0 Å². The van der Waals surface area contributed by atoms with E-state index in [1.165, 1.54) is 4.90 Å². The molecule has 5 amide bonds. The second-order valence-electron chi connectivity index (χ2n) is 14.3. The van der Waals surface area contributed by atoms with Gasteiger partial charge in [0, 0.05) is 25.4 Å². The second kappa shape index (κ2) is 14.8. The van der Waals surface area contributed by atoms with E-state index in [2.05, 4.69) is 20.7 Å². The number of carbonyl (C=O) groups excluding carboxylic acids is 5. The molecule has 2 unspecified atom stereocenters. The molecule has 4 atom stereocenters. The first-order valence-electron chi connectivity index (χ1n) is 17.0. The Balaban J connectivity index is 1.33. The molecule has 2 heterocycles. The average Bonchev–Trinajstić information content (AvgIpc) is 3.94. The van der Waals surface area contributed by atoms with Crippen molar-refractivity contribution in [2.24, 2.45) is 5.92 Å². The molecule has 0 saturated heterocycles. The molecule has 1 aromatic rings. The van der Waals surface area contributed by atoms with E-state index in [1.54, 1.807) is 20.8 Å². The highest BCUT2D eigenvalue weighted by molar-refractivity contribution is 7.91. The minimum absolute atomic E-state index is 0.151. The number of nitrogens with zero attached hydrogens (tertiary/aromatic N) is 1. The Morgan fingerprint density at radius 3 is 2.35 bits per heavy atom. The van der Waals surface area contributed by atoms with E-state index in [4.69, 9.17) is 9.47 Å². The van der Waals surface area contributed by atoms with E-state index >= 15 is 0 Å². The molecule has 2 aliphatic carbocycles. The predicted octanol–water partition coefficient (Wildman–Crippen LogP) is 2.91. The van der Waals surface area contributed by atoms with Crippen LogP contribution in [0.1, 0.15) is 89.7 Å². The first-order chi connectivity index (χ1) is 23.2.